The van der Waals surface area contributed by atoms with Crippen LogP contribution in [0.3, 0.4) is 0 Å². The van der Waals surface area contributed by atoms with E-state index < -0.39 is 0 Å². The van der Waals surface area contributed by atoms with Gasteiger partial charge in [0, 0.05) is 12.1 Å². The van der Waals surface area contributed by atoms with Crippen LogP contribution in [0.25, 0.3) is 0 Å². The Labute approximate surface area is 75.7 Å². The van der Waals surface area contributed by atoms with E-state index in [0.717, 1.165) is 19.1 Å². The fraction of sp³-hybridized carbons (Fsp3) is 1.00. The molecule has 72 valence electrons. The molecule has 0 saturated carbocycles. The summed E-state index contributed by atoms with van der Waals surface area (Å²) in [6.07, 6.45) is 1.60. The Balaban J connectivity index is 2.27. The maximum Gasteiger partial charge on any atom is 0.0703 e. The lowest BCUT2D eigenvalue weighted by molar-refractivity contribution is -0.0303. The highest BCUT2D eigenvalue weighted by Crippen LogP contribution is 2.15. The Morgan fingerprint density at radius 2 is 2.17 bits per heavy atom. The summed E-state index contributed by atoms with van der Waals surface area (Å²) in [6, 6.07) is 0. The van der Waals surface area contributed by atoms with Crippen LogP contribution in [0.1, 0.15) is 34.1 Å². The van der Waals surface area contributed by atoms with E-state index in [0.29, 0.717) is 6.10 Å². The lowest BCUT2D eigenvalue weighted by Gasteiger charge is -2.36. The van der Waals surface area contributed by atoms with E-state index in [4.69, 9.17) is 4.74 Å². The second kappa shape index (κ2) is 3.75. The lowest BCUT2D eigenvalue weighted by atomic mass is 10.0. The summed E-state index contributed by atoms with van der Waals surface area (Å²) >= 11 is 0. The largest absolute Gasteiger partial charge is 0.375 e. The number of nitrogens with one attached hydrogen (secondary N) is 1. The van der Waals surface area contributed by atoms with Gasteiger partial charge < -0.3 is 10.1 Å². The topological polar surface area (TPSA) is 21.3 Å². The van der Waals surface area contributed by atoms with Crippen LogP contribution in [-0.2, 0) is 4.74 Å². The van der Waals surface area contributed by atoms with Gasteiger partial charge >= 0.3 is 0 Å². The first-order valence-electron chi connectivity index (χ1n) is 4.86. The molecule has 2 nitrogen and oxygen atoms in total. The number of rotatable bonds is 2. The van der Waals surface area contributed by atoms with E-state index in [9.17, 15) is 0 Å². The molecule has 0 aromatic heterocycles. The molecular formula is C10H21NO. The molecule has 1 fully saturated rings. The predicted octanol–water partition coefficient (Wildman–Crippen LogP) is 1.80. The smallest absolute Gasteiger partial charge is 0.0703 e. The first kappa shape index (κ1) is 10.0. The van der Waals surface area contributed by atoms with Gasteiger partial charge in [-0.1, -0.05) is 13.8 Å². The van der Waals surface area contributed by atoms with Crippen LogP contribution in [0.4, 0.5) is 0 Å². The van der Waals surface area contributed by atoms with E-state index in [1.165, 1.54) is 6.42 Å². The summed E-state index contributed by atoms with van der Waals surface area (Å²) in [5.74, 6) is 0.734. The van der Waals surface area contributed by atoms with Crippen LogP contribution < -0.4 is 5.32 Å². The molecular weight excluding hydrogens is 150 g/mol. The van der Waals surface area contributed by atoms with Gasteiger partial charge in [0.25, 0.3) is 0 Å². The summed E-state index contributed by atoms with van der Waals surface area (Å²) in [7, 11) is 0. The molecule has 1 rings (SSSR count). The molecule has 1 N–H and O–H groups in total. The molecule has 1 unspecified atom stereocenters. The monoisotopic (exact) mass is 171 g/mol. The van der Waals surface area contributed by atoms with Gasteiger partial charge in [-0.15, -0.1) is 0 Å². The summed E-state index contributed by atoms with van der Waals surface area (Å²) in [4.78, 5) is 0. The Kier molecular flexibility index (Phi) is 3.13. The Hall–Kier alpha value is -0.0800. The molecule has 0 spiro atoms. The molecule has 1 heterocycles. The Morgan fingerprint density at radius 3 is 2.58 bits per heavy atom. The van der Waals surface area contributed by atoms with Gasteiger partial charge in [0.2, 0.25) is 0 Å². The summed E-state index contributed by atoms with van der Waals surface area (Å²) < 4.78 is 5.74. The number of ether oxygens (including phenoxy) is 1. The standard InChI is InChI=1S/C10H21NO/c1-8(2)5-9-6-11-10(3,4)7-12-9/h8-9,11H,5-7H2,1-4H3. The van der Waals surface area contributed by atoms with Crippen LogP contribution in [-0.4, -0.2) is 24.8 Å². The predicted molar refractivity (Wildman–Crippen MR) is 51.3 cm³/mol. The van der Waals surface area contributed by atoms with Crippen molar-refractivity contribution in [3.8, 4) is 0 Å². The van der Waals surface area contributed by atoms with Crippen molar-refractivity contribution in [2.75, 3.05) is 13.2 Å². The van der Waals surface area contributed by atoms with Crippen molar-refractivity contribution in [2.24, 2.45) is 5.92 Å². The third kappa shape index (κ3) is 3.11. The Morgan fingerprint density at radius 1 is 1.50 bits per heavy atom. The quantitative estimate of drug-likeness (QED) is 0.684. The zero-order valence-corrected chi connectivity index (χ0v) is 8.68. The molecule has 1 saturated heterocycles. The van der Waals surface area contributed by atoms with Crippen molar-refractivity contribution >= 4 is 0 Å². The highest BCUT2D eigenvalue weighted by atomic mass is 16.5. The average Bonchev–Trinajstić information content (AvgIpc) is 1.93. The van der Waals surface area contributed by atoms with Gasteiger partial charge in [-0.25, -0.2) is 0 Å². The number of hydrogen-bond acceptors (Lipinski definition) is 2. The van der Waals surface area contributed by atoms with Gasteiger partial charge in [0.05, 0.1) is 12.7 Å². The zero-order chi connectivity index (χ0) is 9.19. The van der Waals surface area contributed by atoms with Crippen molar-refractivity contribution in [2.45, 2.75) is 45.8 Å². The van der Waals surface area contributed by atoms with Crippen molar-refractivity contribution in [3.63, 3.8) is 0 Å². The summed E-state index contributed by atoms with van der Waals surface area (Å²) in [6.45, 7) is 10.7. The van der Waals surface area contributed by atoms with Gasteiger partial charge in [-0.3, -0.25) is 0 Å². The van der Waals surface area contributed by atoms with Crippen LogP contribution in [0.15, 0.2) is 0 Å². The van der Waals surface area contributed by atoms with Crippen molar-refractivity contribution < 1.29 is 4.74 Å². The molecule has 1 aliphatic heterocycles. The fourth-order valence-corrected chi connectivity index (χ4v) is 1.50. The second-order valence-corrected chi connectivity index (χ2v) is 4.83. The van der Waals surface area contributed by atoms with E-state index in [1.807, 2.05) is 0 Å². The highest BCUT2D eigenvalue weighted by Gasteiger charge is 2.26. The molecule has 0 amide bonds. The molecule has 1 aliphatic rings. The highest BCUT2D eigenvalue weighted by molar-refractivity contribution is 4.83. The van der Waals surface area contributed by atoms with E-state index in [2.05, 4.69) is 33.0 Å². The first-order chi connectivity index (χ1) is 5.49. The maximum atomic E-state index is 5.74. The SMILES string of the molecule is CC(C)CC1CNC(C)(C)CO1. The molecule has 0 aromatic rings. The van der Waals surface area contributed by atoms with Crippen molar-refractivity contribution in [1.29, 1.82) is 0 Å². The van der Waals surface area contributed by atoms with Crippen LogP contribution in [0, 0.1) is 5.92 Å². The van der Waals surface area contributed by atoms with E-state index >= 15 is 0 Å². The van der Waals surface area contributed by atoms with Gasteiger partial charge in [0.15, 0.2) is 0 Å². The van der Waals surface area contributed by atoms with E-state index in [1.54, 1.807) is 0 Å². The molecule has 0 aromatic carbocycles. The molecule has 12 heavy (non-hydrogen) atoms. The minimum absolute atomic E-state index is 0.174. The normalized spacial score (nSPS) is 29.2. The Bertz CT molecular complexity index is 133. The van der Waals surface area contributed by atoms with E-state index in [-0.39, 0.29) is 5.54 Å². The van der Waals surface area contributed by atoms with Crippen LogP contribution >= 0.6 is 0 Å². The number of morpholine rings is 1. The van der Waals surface area contributed by atoms with Gasteiger partial charge in [0.1, 0.15) is 0 Å². The minimum Gasteiger partial charge on any atom is -0.375 e. The minimum atomic E-state index is 0.174. The maximum absolute atomic E-state index is 5.74. The van der Waals surface area contributed by atoms with Gasteiger partial charge in [-0.2, -0.15) is 0 Å². The molecule has 0 aliphatic carbocycles. The summed E-state index contributed by atoms with van der Waals surface area (Å²) in [5.41, 5.74) is 0.174. The van der Waals surface area contributed by atoms with Crippen LogP contribution in [0.5, 0.6) is 0 Å². The molecule has 0 radical (unpaired) electrons. The number of hydrogen-bond donors (Lipinski definition) is 1. The average molecular weight is 171 g/mol. The fourth-order valence-electron chi connectivity index (χ4n) is 1.50. The third-order valence-corrected chi connectivity index (χ3v) is 2.22. The second-order valence-electron chi connectivity index (χ2n) is 4.83. The molecule has 2 heteroatoms. The van der Waals surface area contributed by atoms with Crippen molar-refractivity contribution in [3.05, 3.63) is 0 Å². The zero-order valence-electron chi connectivity index (χ0n) is 8.68. The van der Waals surface area contributed by atoms with Crippen molar-refractivity contribution in [1.82, 2.24) is 5.32 Å². The molecule has 0 bridgehead atoms. The van der Waals surface area contributed by atoms with Crippen LogP contribution in [0.2, 0.25) is 0 Å². The summed E-state index contributed by atoms with van der Waals surface area (Å²) in [5, 5.41) is 3.49. The van der Waals surface area contributed by atoms with Gasteiger partial charge in [-0.05, 0) is 26.2 Å². The first-order valence-corrected chi connectivity index (χ1v) is 4.86. The molecule has 1 atom stereocenters. The lowest BCUT2D eigenvalue weighted by Crippen LogP contribution is -2.53. The third-order valence-electron chi connectivity index (χ3n) is 2.22.